The number of rotatable bonds is 4. The van der Waals surface area contributed by atoms with E-state index in [1.807, 2.05) is 12.1 Å². The fourth-order valence-electron chi connectivity index (χ4n) is 3.13. The highest BCUT2D eigenvalue weighted by atomic mass is 32.1. The number of nitrogens with one attached hydrogen (secondary N) is 1. The molecule has 1 heterocycles. The number of primary amides is 1. The molecule has 3 rings (SSSR count). The summed E-state index contributed by atoms with van der Waals surface area (Å²) in [5.41, 5.74) is 8.76. The molecule has 0 aliphatic heterocycles. The second-order valence-electron chi connectivity index (χ2n) is 5.48. The van der Waals surface area contributed by atoms with Crippen molar-refractivity contribution >= 4 is 28.2 Å². The molecular formula is C17H18N2O4S. The fourth-order valence-corrected chi connectivity index (χ4v) is 4.51. The summed E-state index contributed by atoms with van der Waals surface area (Å²) in [6, 6.07) is 3.72. The zero-order valence-corrected chi connectivity index (χ0v) is 14.5. The minimum absolute atomic E-state index is 0.242. The van der Waals surface area contributed by atoms with Crippen LogP contribution in [0.25, 0.3) is 10.4 Å². The smallest absolute Gasteiger partial charge is 0.252 e. The van der Waals surface area contributed by atoms with Gasteiger partial charge in [0.1, 0.15) is 16.5 Å². The van der Waals surface area contributed by atoms with Gasteiger partial charge in [-0.15, -0.1) is 11.3 Å². The highest BCUT2D eigenvalue weighted by molar-refractivity contribution is 7.20. The van der Waals surface area contributed by atoms with Gasteiger partial charge in [-0.05, 0) is 30.5 Å². The van der Waals surface area contributed by atoms with Crippen molar-refractivity contribution in [2.75, 3.05) is 19.5 Å². The van der Waals surface area contributed by atoms with Crippen LogP contribution in [0.5, 0.6) is 11.5 Å². The summed E-state index contributed by atoms with van der Waals surface area (Å²) in [5.74, 6) is 0.709. The second-order valence-corrected chi connectivity index (χ2v) is 6.50. The van der Waals surface area contributed by atoms with Crippen molar-refractivity contribution < 1.29 is 19.1 Å². The van der Waals surface area contributed by atoms with Crippen molar-refractivity contribution in [3.05, 3.63) is 28.8 Å². The summed E-state index contributed by atoms with van der Waals surface area (Å²) in [4.78, 5) is 24.3. The Morgan fingerprint density at radius 3 is 2.33 bits per heavy atom. The van der Waals surface area contributed by atoms with Gasteiger partial charge in [-0.1, -0.05) is 0 Å². The lowest BCUT2D eigenvalue weighted by molar-refractivity contribution is -0.114. The molecule has 2 aromatic rings. The fraction of sp³-hybridized carbons (Fsp3) is 0.294. The van der Waals surface area contributed by atoms with E-state index < -0.39 is 5.91 Å². The number of nitrogens with two attached hydrogens (primary N) is 1. The minimum atomic E-state index is -0.540. The van der Waals surface area contributed by atoms with Gasteiger partial charge in [-0.2, -0.15) is 0 Å². The van der Waals surface area contributed by atoms with Gasteiger partial charge in [-0.25, -0.2) is 0 Å². The highest BCUT2D eigenvalue weighted by Crippen LogP contribution is 2.50. The van der Waals surface area contributed by atoms with Crippen LogP contribution >= 0.6 is 11.3 Å². The van der Waals surface area contributed by atoms with Crippen LogP contribution in [0.4, 0.5) is 5.00 Å². The molecule has 126 valence electrons. The number of benzene rings is 1. The van der Waals surface area contributed by atoms with Crippen LogP contribution in [-0.2, 0) is 17.6 Å². The van der Waals surface area contributed by atoms with Gasteiger partial charge in [0.2, 0.25) is 5.91 Å². The van der Waals surface area contributed by atoms with Crippen molar-refractivity contribution in [1.82, 2.24) is 0 Å². The third-order valence-electron chi connectivity index (χ3n) is 4.07. The van der Waals surface area contributed by atoms with Crippen LogP contribution in [0.15, 0.2) is 12.1 Å². The number of fused-ring (bicyclic) bond motifs is 3. The third-order valence-corrected chi connectivity index (χ3v) is 5.23. The highest BCUT2D eigenvalue weighted by Gasteiger charge is 2.31. The molecule has 0 fully saturated rings. The van der Waals surface area contributed by atoms with Gasteiger partial charge in [-0.3, -0.25) is 9.59 Å². The Balaban J connectivity index is 2.29. The molecule has 24 heavy (non-hydrogen) atoms. The van der Waals surface area contributed by atoms with Gasteiger partial charge < -0.3 is 20.5 Å². The molecule has 1 aromatic carbocycles. The van der Waals surface area contributed by atoms with Crippen molar-refractivity contribution in [1.29, 1.82) is 0 Å². The van der Waals surface area contributed by atoms with E-state index in [1.54, 1.807) is 14.2 Å². The van der Waals surface area contributed by atoms with Crippen molar-refractivity contribution in [3.63, 3.8) is 0 Å². The summed E-state index contributed by atoms with van der Waals surface area (Å²) in [6.45, 7) is 1.40. The molecule has 0 saturated heterocycles. The van der Waals surface area contributed by atoms with E-state index in [0.717, 1.165) is 27.3 Å². The number of hydrogen-bond donors (Lipinski definition) is 2. The van der Waals surface area contributed by atoms with Crippen LogP contribution in [0.1, 0.15) is 28.4 Å². The topological polar surface area (TPSA) is 90.7 Å². The summed E-state index contributed by atoms with van der Waals surface area (Å²) >= 11 is 1.34. The van der Waals surface area contributed by atoms with Gasteiger partial charge in [0.25, 0.3) is 5.91 Å². The van der Waals surface area contributed by atoms with Gasteiger partial charge in [0.05, 0.1) is 19.8 Å². The molecule has 0 unspecified atom stereocenters. The Hall–Kier alpha value is -2.54. The summed E-state index contributed by atoms with van der Waals surface area (Å²) in [5, 5.41) is 3.20. The van der Waals surface area contributed by atoms with Crippen LogP contribution in [-0.4, -0.2) is 26.0 Å². The predicted octanol–water partition coefficient (Wildman–Crippen LogP) is 2.59. The first-order chi connectivity index (χ1) is 11.5. The molecule has 0 saturated carbocycles. The molecule has 0 atom stereocenters. The molecule has 0 bridgehead atoms. The average molecular weight is 346 g/mol. The zero-order chi connectivity index (χ0) is 17.4. The van der Waals surface area contributed by atoms with E-state index >= 15 is 0 Å². The van der Waals surface area contributed by atoms with Crippen molar-refractivity contribution in [2.45, 2.75) is 19.8 Å². The largest absolute Gasteiger partial charge is 0.496 e. The lowest BCUT2D eigenvalue weighted by atomic mass is 9.88. The van der Waals surface area contributed by atoms with Gasteiger partial charge in [0.15, 0.2) is 0 Å². The van der Waals surface area contributed by atoms with Gasteiger partial charge in [0, 0.05) is 22.9 Å². The van der Waals surface area contributed by atoms with Crippen LogP contribution < -0.4 is 20.5 Å². The van der Waals surface area contributed by atoms with E-state index in [1.165, 1.54) is 18.3 Å². The lowest BCUT2D eigenvalue weighted by Gasteiger charge is -2.21. The molecule has 2 amide bonds. The summed E-state index contributed by atoms with van der Waals surface area (Å²) < 4.78 is 11.0. The summed E-state index contributed by atoms with van der Waals surface area (Å²) in [7, 11) is 3.23. The lowest BCUT2D eigenvalue weighted by Crippen LogP contribution is -2.17. The first-order valence-corrected chi connectivity index (χ1v) is 8.26. The summed E-state index contributed by atoms with van der Waals surface area (Å²) in [6.07, 6.45) is 1.36. The molecule has 0 spiro atoms. The van der Waals surface area contributed by atoms with Crippen molar-refractivity contribution in [2.24, 2.45) is 5.73 Å². The number of amides is 2. The number of carbonyl (C=O) groups is 2. The maximum Gasteiger partial charge on any atom is 0.252 e. The maximum absolute atomic E-state index is 11.9. The zero-order valence-electron chi connectivity index (χ0n) is 13.7. The Morgan fingerprint density at radius 2 is 1.75 bits per heavy atom. The SMILES string of the molecule is COc1ccc(OC)c2c1CCc1c-2sc(NC(C)=O)c1C(N)=O. The van der Waals surface area contributed by atoms with E-state index in [-0.39, 0.29) is 5.91 Å². The first-order valence-electron chi connectivity index (χ1n) is 7.45. The predicted molar refractivity (Wildman–Crippen MR) is 93.1 cm³/mol. The van der Waals surface area contributed by atoms with E-state index in [9.17, 15) is 9.59 Å². The van der Waals surface area contributed by atoms with E-state index in [0.29, 0.717) is 29.2 Å². The Bertz CT molecular complexity index is 842. The Kier molecular flexibility index (Phi) is 4.19. The van der Waals surface area contributed by atoms with Crippen LogP contribution in [0.3, 0.4) is 0 Å². The molecule has 3 N–H and O–H groups in total. The Labute approximate surface area is 143 Å². The number of carbonyl (C=O) groups excluding carboxylic acids is 2. The first kappa shape index (κ1) is 16.3. The normalized spacial score (nSPS) is 12.1. The number of anilines is 1. The number of ether oxygens (including phenoxy) is 2. The maximum atomic E-state index is 11.9. The molecule has 1 aliphatic carbocycles. The number of thiophene rings is 1. The number of methoxy groups -OCH3 is 2. The molecular weight excluding hydrogens is 328 g/mol. The van der Waals surface area contributed by atoms with E-state index in [4.69, 9.17) is 15.2 Å². The quantitative estimate of drug-likeness (QED) is 0.890. The van der Waals surface area contributed by atoms with Crippen LogP contribution in [0, 0.1) is 0 Å². The molecule has 1 aliphatic rings. The monoisotopic (exact) mass is 346 g/mol. The minimum Gasteiger partial charge on any atom is -0.496 e. The second kappa shape index (κ2) is 6.16. The average Bonchev–Trinajstić information content (AvgIpc) is 2.90. The number of hydrogen-bond acceptors (Lipinski definition) is 5. The van der Waals surface area contributed by atoms with Crippen molar-refractivity contribution in [3.8, 4) is 21.9 Å². The van der Waals surface area contributed by atoms with Crippen LogP contribution in [0.2, 0.25) is 0 Å². The molecule has 1 aromatic heterocycles. The molecule has 0 radical (unpaired) electrons. The van der Waals surface area contributed by atoms with Gasteiger partial charge >= 0.3 is 0 Å². The standard InChI is InChI=1S/C17H18N2O4S/c1-8(20)19-17-14(16(18)21)10-5-4-9-11(22-2)6-7-12(23-3)13(9)15(10)24-17/h6-7H,4-5H2,1-3H3,(H2,18,21)(H,19,20). The third kappa shape index (κ3) is 2.50. The molecule has 6 nitrogen and oxygen atoms in total. The Morgan fingerprint density at radius 1 is 1.12 bits per heavy atom. The van der Waals surface area contributed by atoms with E-state index in [2.05, 4.69) is 5.32 Å². The molecule has 7 heteroatoms.